The Morgan fingerprint density at radius 2 is 1.29 bits per heavy atom. The molecule has 0 aliphatic heterocycles. The summed E-state index contributed by atoms with van der Waals surface area (Å²) in [5.74, 6) is 0.421. The molecule has 0 fully saturated rings. The van der Waals surface area contributed by atoms with Gasteiger partial charge in [-0.1, -0.05) is 105 Å². The largest absolute Gasteiger partial charge is 0.372 e. The zero-order valence-electron chi connectivity index (χ0n) is 20.9. The van der Waals surface area contributed by atoms with E-state index in [9.17, 15) is 0 Å². The molecule has 0 aliphatic rings. The van der Waals surface area contributed by atoms with Gasteiger partial charge in [0.1, 0.15) is 0 Å². The number of rotatable bonds is 6. The number of aromatic nitrogens is 1. The summed E-state index contributed by atoms with van der Waals surface area (Å²) in [6, 6.07) is 36.5. The lowest BCUT2D eigenvalue weighted by molar-refractivity contribution is 0.839. The number of nitrogens with one attached hydrogen (secondary N) is 1. The number of hydrogen-bond acceptors (Lipinski definition) is 2. The van der Waals surface area contributed by atoms with Crippen LogP contribution in [0.2, 0.25) is 0 Å². The van der Waals surface area contributed by atoms with Crippen molar-refractivity contribution < 1.29 is 0 Å². The third-order valence-corrected chi connectivity index (χ3v) is 6.85. The zero-order valence-corrected chi connectivity index (χ0v) is 20.9. The molecule has 35 heavy (non-hydrogen) atoms. The van der Waals surface area contributed by atoms with Crippen LogP contribution >= 0.6 is 0 Å². The summed E-state index contributed by atoms with van der Waals surface area (Å²) in [5, 5.41) is 6.38. The maximum Gasteiger partial charge on any atom is 0.0943 e. The van der Waals surface area contributed by atoms with E-state index in [2.05, 4.69) is 136 Å². The van der Waals surface area contributed by atoms with Gasteiger partial charge in [0.2, 0.25) is 0 Å². The van der Waals surface area contributed by atoms with Gasteiger partial charge < -0.3 is 5.32 Å². The van der Waals surface area contributed by atoms with Crippen molar-refractivity contribution in [2.45, 2.75) is 39.7 Å². The Morgan fingerprint density at radius 3 is 2.11 bits per heavy atom. The van der Waals surface area contributed by atoms with Crippen molar-refractivity contribution in [3.05, 3.63) is 131 Å². The van der Waals surface area contributed by atoms with E-state index in [1.807, 2.05) is 0 Å². The second-order valence-electron chi connectivity index (χ2n) is 9.60. The van der Waals surface area contributed by atoms with Gasteiger partial charge in [-0.3, -0.25) is 4.98 Å². The summed E-state index contributed by atoms with van der Waals surface area (Å²) >= 11 is 0. The number of hydrogen-bond donors (Lipinski definition) is 1. The summed E-state index contributed by atoms with van der Waals surface area (Å²) in [4.78, 5) is 5.25. The van der Waals surface area contributed by atoms with Gasteiger partial charge in [0.15, 0.2) is 0 Å². The molecule has 0 saturated heterocycles. The molecular weight excluding hydrogens is 424 g/mol. The van der Waals surface area contributed by atoms with E-state index in [0.29, 0.717) is 5.92 Å². The number of fused-ring (bicyclic) bond motifs is 1. The van der Waals surface area contributed by atoms with Crippen molar-refractivity contribution in [3.8, 4) is 11.3 Å². The first-order valence-electron chi connectivity index (χ1n) is 12.4. The van der Waals surface area contributed by atoms with Gasteiger partial charge in [0.05, 0.1) is 17.4 Å². The Labute approximate surface area is 208 Å². The monoisotopic (exact) mass is 456 g/mol. The fourth-order valence-corrected chi connectivity index (χ4v) is 4.95. The second-order valence-corrected chi connectivity index (χ2v) is 9.60. The van der Waals surface area contributed by atoms with Crippen LogP contribution in [0.3, 0.4) is 0 Å². The number of benzene rings is 4. The molecule has 1 atom stereocenters. The maximum atomic E-state index is 5.25. The van der Waals surface area contributed by atoms with Gasteiger partial charge in [-0.25, -0.2) is 0 Å². The molecule has 0 spiro atoms. The predicted molar refractivity (Wildman–Crippen MR) is 149 cm³/mol. The normalized spacial score (nSPS) is 12.1. The van der Waals surface area contributed by atoms with Crippen molar-refractivity contribution >= 4 is 16.5 Å². The van der Waals surface area contributed by atoms with Gasteiger partial charge >= 0.3 is 0 Å². The fourth-order valence-electron chi connectivity index (χ4n) is 4.95. The number of anilines is 1. The highest BCUT2D eigenvalue weighted by atomic mass is 15.0. The molecule has 1 N–H and O–H groups in total. The average Bonchev–Trinajstić information content (AvgIpc) is 2.88. The number of nitrogens with zero attached hydrogens (tertiary/aromatic N) is 1. The van der Waals surface area contributed by atoms with Gasteiger partial charge in [0, 0.05) is 11.3 Å². The molecule has 2 nitrogen and oxygen atoms in total. The van der Waals surface area contributed by atoms with Crippen molar-refractivity contribution in [2.24, 2.45) is 0 Å². The molecule has 174 valence electrons. The van der Waals surface area contributed by atoms with Crippen molar-refractivity contribution in [3.63, 3.8) is 0 Å². The molecule has 0 bridgehead atoms. The molecule has 4 aromatic carbocycles. The molecule has 0 amide bonds. The summed E-state index contributed by atoms with van der Waals surface area (Å²) in [6.45, 7) is 8.87. The molecule has 1 heterocycles. The van der Waals surface area contributed by atoms with Gasteiger partial charge in [0.25, 0.3) is 0 Å². The lowest BCUT2D eigenvalue weighted by atomic mass is 9.94. The highest BCUT2D eigenvalue weighted by Crippen LogP contribution is 2.35. The van der Waals surface area contributed by atoms with Crippen LogP contribution < -0.4 is 5.32 Å². The van der Waals surface area contributed by atoms with Crippen LogP contribution in [0.5, 0.6) is 0 Å². The smallest absolute Gasteiger partial charge is 0.0943 e. The van der Waals surface area contributed by atoms with Crippen LogP contribution in [0.4, 0.5) is 5.69 Å². The minimum atomic E-state index is -0.0651. The third-order valence-electron chi connectivity index (χ3n) is 6.85. The average molecular weight is 457 g/mol. The highest BCUT2D eigenvalue weighted by Gasteiger charge is 2.21. The summed E-state index contributed by atoms with van der Waals surface area (Å²) in [5.41, 5.74) is 9.44. The number of para-hydroxylation sites is 1. The summed E-state index contributed by atoms with van der Waals surface area (Å²) in [6.07, 6.45) is 0. The van der Waals surface area contributed by atoms with E-state index < -0.39 is 0 Å². The molecule has 1 aromatic heterocycles. The number of aryl methyl sites for hydroxylation is 2. The quantitative estimate of drug-likeness (QED) is 0.276. The van der Waals surface area contributed by atoms with E-state index in [1.54, 1.807) is 0 Å². The van der Waals surface area contributed by atoms with Crippen molar-refractivity contribution in [1.82, 2.24) is 4.98 Å². The van der Waals surface area contributed by atoms with Gasteiger partial charge in [-0.2, -0.15) is 0 Å². The van der Waals surface area contributed by atoms with Crippen molar-refractivity contribution in [2.75, 3.05) is 5.32 Å². The molecule has 5 rings (SSSR count). The van der Waals surface area contributed by atoms with Crippen LogP contribution in [-0.4, -0.2) is 4.98 Å². The molecular formula is C33H32N2. The number of pyridine rings is 1. The molecule has 1 unspecified atom stereocenters. The van der Waals surface area contributed by atoms with Gasteiger partial charge in [-0.15, -0.1) is 0 Å². The van der Waals surface area contributed by atoms with Crippen LogP contribution in [0, 0.1) is 13.8 Å². The first kappa shape index (κ1) is 22.9. The van der Waals surface area contributed by atoms with Crippen LogP contribution in [0.25, 0.3) is 22.0 Å². The van der Waals surface area contributed by atoms with Crippen LogP contribution in [0.15, 0.2) is 103 Å². The van der Waals surface area contributed by atoms with Gasteiger partial charge in [-0.05, 0) is 64.9 Å². The summed E-state index contributed by atoms with van der Waals surface area (Å²) in [7, 11) is 0. The SMILES string of the molecule is Cc1ccccc1C(Nc1c(C)cccc1C(C)C)c1cccc(-c2cccc3ccccc23)n1. The van der Waals surface area contributed by atoms with E-state index in [4.69, 9.17) is 4.98 Å². The van der Waals surface area contributed by atoms with Crippen LogP contribution in [0.1, 0.15) is 53.8 Å². The van der Waals surface area contributed by atoms with E-state index in [1.165, 1.54) is 38.7 Å². The minimum absolute atomic E-state index is 0.0651. The third kappa shape index (κ3) is 4.57. The minimum Gasteiger partial charge on any atom is -0.372 e. The Balaban J connectivity index is 1.66. The van der Waals surface area contributed by atoms with E-state index >= 15 is 0 Å². The highest BCUT2D eigenvalue weighted by molar-refractivity contribution is 5.95. The lowest BCUT2D eigenvalue weighted by Crippen LogP contribution is -2.17. The predicted octanol–water partition coefficient (Wildman–Crippen LogP) is 8.84. The molecule has 5 aromatic rings. The maximum absolute atomic E-state index is 5.25. The van der Waals surface area contributed by atoms with E-state index in [-0.39, 0.29) is 6.04 Å². The zero-order chi connectivity index (χ0) is 24.4. The second kappa shape index (κ2) is 9.76. The first-order valence-corrected chi connectivity index (χ1v) is 12.4. The summed E-state index contributed by atoms with van der Waals surface area (Å²) < 4.78 is 0. The molecule has 0 aliphatic carbocycles. The van der Waals surface area contributed by atoms with E-state index in [0.717, 1.165) is 17.0 Å². The first-order chi connectivity index (χ1) is 17.0. The lowest BCUT2D eigenvalue weighted by Gasteiger charge is -2.26. The standard InChI is InChI=1S/C33H32N2/c1-22(2)26-18-9-13-24(4)32(26)35-33(27-16-7-5-12-23(27)3)31-21-11-20-30(34-31)29-19-10-15-25-14-6-8-17-28(25)29/h5-22,33,35H,1-4H3. The topological polar surface area (TPSA) is 24.9 Å². The Hall–Kier alpha value is -3.91. The van der Waals surface area contributed by atoms with Crippen LogP contribution in [-0.2, 0) is 0 Å². The Morgan fingerprint density at radius 1 is 0.629 bits per heavy atom. The molecule has 0 radical (unpaired) electrons. The molecule has 0 saturated carbocycles. The van der Waals surface area contributed by atoms with Crippen molar-refractivity contribution in [1.29, 1.82) is 0 Å². The fraction of sp³-hybridized carbons (Fsp3) is 0.182. The Kier molecular flexibility index (Phi) is 6.37. The Bertz CT molecular complexity index is 1480. The molecule has 2 heteroatoms.